The fraction of sp³-hybridized carbons (Fsp3) is 0.500. The first-order valence-electron chi connectivity index (χ1n) is 4.40. The van der Waals surface area contributed by atoms with Crippen LogP contribution >= 0.6 is 0 Å². The number of cyclic esters (lactones) is 4. The van der Waals surface area contributed by atoms with Crippen LogP contribution < -0.4 is 0 Å². The maximum absolute atomic E-state index is 11.0. The summed E-state index contributed by atoms with van der Waals surface area (Å²) in [6.45, 7) is 0. The summed E-state index contributed by atoms with van der Waals surface area (Å²) in [4.78, 5) is 43.6. The Kier molecular flexibility index (Phi) is 2.30. The average Bonchev–Trinajstić information content (AvgIpc) is 2.58. The van der Waals surface area contributed by atoms with Crippen molar-refractivity contribution in [3.8, 4) is 0 Å². The zero-order valence-electron chi connectivity index (χ0n) is 7.60. The van der Waals surface area contributed by atoms with E-state index in [2.05, 4.69) is 9.47 Å². The molecule has 2 aliphatic heterocycles. The molecule has 2 unspecified atom stereocenters. The third-order valence-electron chi connectivity index (χ3n) is 2.27. The molecule has 0 aromatic carbocycles. The second kappa shape index (κ2) is 3.49. The molecule has 7 heteroatoms. The topological polar surface area (TPSA) is 86.7 Å². The molecule has 2 fully saturated rings. The van der Waals surface area contributed by atoms with Crippen LogP contribution in [0.4, 0.5) is 0 Å². The summed E-state index contributed by atoms with van der Waals surface area (Å²) in [5.41, 5.74) is 0. The van der Waals surface area contributed by atoms with Crippen LogP contribution in [-0.4, -0.2) is 31.2 Å². The fourth-order valence-corrected chi connectivity index (χ4v) is 1.56. The van der Waals surface area contributed by atoms with E-state index in [0.717, 1.165) is 0 Å². The second-order valence-electron chi connectivity index (χ2n) is 3.40. The lowest BCUT2D eigenvalue weighted by Gasteiger charge is -2.04. The minimum absolute atomic E-state index is 0.0726. The van der Waals surface area contributed by atoms with Crippen molar-refractivity contribution in [2.75, 3.05) is 0 Å². The quantitative estimate of drug-likeness (QED) is 0.336. The smallest absolute Gasteiger partial charge is 0.313 e. The predicted octanol–water partition coefficient (Wildman–Crippen LogP) is -0.785. The summed E-state index contributed by atoms with van der Waals surface area (Å²) in [6, 6.07) is 0. The highest BCUT2D eigenvalue weighted by atomic mass is 16.6. The molecule has 6 nitrogen and oxygen atoms in total. The van der Waals surface area contributed by atoms with Crippen molar-refractivity contribution in [1.82, 2.24) is 0 Å². The van der Waals surface area contributed by atoms with Crippen LogP contribution in [-0.2, 0) is 28.7 Å². The van der Waals surface area contributed by atoms with Gasteiger partial charge in [-0.15, -0.1) is 0 Å². The van der Waals surface area contributed by atoms with Crippen molar-refractivity contribution in [1.29, 1.82) is 0 Å². The minimum Gasteiger partial charge on any atom is -0.393 e. The van der Waals surface area contributed by atoms with Gasteiger partial charge in [0.05, 0.1) is 12.8 Å². The number of rotatable bonds is 2. The van der Waals surface area contributed by atoms with Gasteiger partial charge in [0, 0.05) is 11.6 Å². The van der Waals surface area contributed by atoms with E-state index >= 15 is 0 Å². The molecule has 2 saturated heterocycles. The Balaban J connectivity index is 1.98. The molecule has 0 aromatic heterocycles. The first-order valence-corrected chi connectivity index (χ1v) is 4.40. The number of esters is 4. The largest absolute Gasteiger partial charge is 0.393 e. The Labute approximate surface area is 85.1 Å². The van der Waals surface area contributed by atoms with Crippen molar-refractivity contribution in [2.45, 2.75) is 24.5 Å². The van der Waals surface area contributed by atoms with E-state index in [1.807, 2.05) is 0 Å². The Morgan fingerprint density at radius 3 is 1.53 bits per heavy atom. The zero-order chi connectivity index (χ0) is 11.0. The Hall–Kier alpha value is -1.66. The van der Waals surface area contributed by atoms with E-state index in [1.165, 1.54) is 7.28 Å². The molecule has 0 N–H and O–H groups in total. The maximum Gasteiger partial charge on any atom is 0.313 e. The fourth-order valence-electron chi connectivity index (χ4n) is 1.56. The summed E-state index contributed by atoms with van der Waals surface area (Å²) >= 11 is 0. The zero-order valence-corrected chi connectivity index (χ0v) is 7.60. The molecule has 1 radical (unpaired) electrons. The average molecular weight is 209 g/mol. The van der Waals surface area contributed by atoms with Crippen LogP contribution in [0.25, 0.3) is 0 Å². The second-order valence-corrected chi connectivity index (χ2v) is 3.40. The van der Waals surface area contributed by atoms with E-state index in [1.54, 1.807) is 0 Å². The van der Waals surface area contributed by atoms with Crippen molar-refractivity contribution in [2.24, 2.45) is 0 Å². The van der Waals surface area contributed by atoms with Gasteiger partial charge in [0.15, 0.2) is 0 Å². The highest BCUT2D eigenvalue weighted by molar-refractivity contribution is 6.52. The summed E-state index contributed by atoms with van der Waals surface area (Å²) in [5.74, 6) is -4.04. The van der Waals surface area contributed by atoms with Crippen LogP contribution in [0, 0.1) is 0 Å². The van der Waals surface area contributed by atoms with Gasteiger partial charge in [-0.2, -0.15) is 0 Å². The van der Waals surface area contributed by atoms with Crippen LogP contribution in [0.1, 0.15) is 12.8 Å². The Bertz CT molecular complexity index is 328. The molecule has 77 valence electrons. The molecule has 0 aromatic rings. The third kappa shape index (κ3) is 1.90. The monoisotopic (exact) mass is 209 g/mol. The highest BCUT2D eigenvalue weighted by Crippen LogP contribution is 2.30. The molecule has 0 aliphatic carbocycles. The van der Waals surface area contributed by atoms with E-state index in [0.29, 0.717) is 0 Å². The molecule has 0 amide bonds. The van der Waals surface area contributed by atoms with Crippen LogP contribution in [0.3, 0.4) is 0 Å². The molecule has 15 heavy (non-hydrogen) atoms. The van der Waals surface area contributed by atoms with Crippen molar-refractivity contribution < 1.29 is 28.7 Å². The summed E-state index contributed by atoms with van der Waals surface area (Å²) < 4.78 is 8.60. The minimum atomic E-state index is -0.735. The number of hydrogen-bond acceptors (Lipinski definition) is 6. The summed E-state index contributed by atoms with van der Waals surface area (Å²) in [7, 11) is 1.35. The number of hydrogen-bond donors (Lipinski definition) is 0. The Morgan fingerprint density at radius 1 is 0.867 bits per heavy atom. The molecule has 2 rings (SSSR count). The van der Waals surface area contributed by atoms with Crippen molar-refractivity contribution in [3.05, 3.63) is 0 Å². The number of ether oxygens (including phenoxy) is 2. The molecular weight excluding hydrogens is 203 g/mol. The number of carbonyl (C=O) groups is 4. The van der Waals surface area contributed by atoms with Crippen LogP contribution in [0.15, 0.2) is 0 Å². The van der Waals surface area contributed by atoms with Gasteiger partial charge in [0.1, 0.15) is 7.28 Å². The van der Waals surface area contributed by atoms with Crippen molar-refractivity contribution in [3.63, 3.8) is 0 Å². The van der Waals surface area contributed by atoms with Gasteiger partial charge in [-0.1, -0.05) is 0 Å². The van der Waals surface area contributed by atoms with E-state index in [9.17, 15) is 19.2 Å². The molecule has 2 aliphatic rings. The lowest BCUT2D eigenvalue weighted by atomic mass is 9.54. The van der Waals surface area contributed by atoms with Gasteiger partial charge in [0.2, 0.25) is 0 Å². The van der Waals surface area contributed by atoms with Gasteiger partial charge in [-0.3, -0.25) is 19.2 Å². The molecule has 2 heterocycles. The van der Waals surface area contributed by atoms with Gasteiger partial charge in [-0.25, -0.2) is 0 Å². The number of carbonyl (C=O) groups excluding carboxylic acids is 4. The molecule has 0 saturated carbocycles. The standard InChI is InChI=1S/C8H6BO6/c10-5-1-3(7(12)14-5)9-4-2-6(11)15-8(4)13/h3-4H,1-2H2. The van der Waals surface area contributed by atoms with Gasteiger partial charge in [-0.05, 0) is 0 Å². The Morgan fingerprint density at radius 2 is 1.27 bits per heavy atom. The molecular formula is C8H6BO6. The SMILES string of the molecule is O=C1CC([B]C2CC(=O)OC2=O)C(=O)O1. The third-order valence-corrected chi connectivity index (χ3v) is 2.27. The normalized spacial score (nSPS) is 30.4. The molecule has 0 spiro atoms. The predicted molar refractivity (Wildman–Crippen MR) is 44.7 cm³/mol. The summed E-state index contributed by atoms with van der Waals surface area (Å²) in [5, 5.41) is 0. The lowest BCUT2D eigenvalue weighted by Crippen LogP contribution is -2.18. The maximum atomic E-state index is 11.0. The van der Waals surface area contributed by atoms with E-state index in [-0.39, 0.29) is 12.8 Å². The first kappa shape index (κ1) is 9.88. The summed E-state index contributed by atoms with van der Waals surface area (Å²) in [6.07, 6.45) is -0.145. The van der Waals surface area contributed by atoms with Crippen LogP contribution in [0.2, 0.25) is 11.6 Å². The lowest BCUT2D eigenvalue weighted by molar-refractivity contribution is -0.153. The van der Waals surface area contributed by atoms with Gasteiger partial charge in [0.25, 0.3) is 0 Å². The van der Waals surface area contributed by atoms with Crippen molar-refractivity contribution >= 4 is 31.2 Å². The molecule has 2 atom stereocenters. The van der Waals surface area contributed by atoms with E-state index in [4.69, 9.17) is 0 Å². The van der Waals surface area contributed by atoms with Gasteiger partial charge < -0.3 is 9.47 Å². The highest BCUT2D eigenvalue weighted by Gasteiger charge is 2.41. The van der Waals surface area contributed by atoms with Gasteiger partial charge >= 0.3 is 23.9 Å². The van der Waals surface area contributed by atoms with Crippen LogP contribution in [0.5, 0.6) is 0 Å². The first-order chi connectivity index (χ1) is 7.06. The molecule has 0 bridgehead atoms. The van der Waals surface area contributed by atoms with E-state index < -0.39 is 35.5 Å².